The van der Waals surface area contributed by atoms with Gasteiger partial charge in [-0.2, -0.15) is 0 Å². The molecule has 1 rings (SSSR count). The summed E-state index contributed by atoms with van der Waals surface area (Å²) in [6, 6.07) is 8.12. The lowest BCUT2D eigenvalue weighted by Crippen LogP contribution is -2.17. The minimum atomic E-state index is -0.305. The summed E-state index contributed by atoms with van der Waals surface area (Å²) in [6.07, 6.45) is 3.53. The first-order valence-corrected chi connectivity index (χ1v) is 5.80. The molecule has 0 heterocycles. The second-order valence-corrected chi connectivity index (χ2v) is 5.43. The maximum Gasteiger partial charge on any atom is 0.161 e. The Bertz CT molecular complexity index is 408. The van der Waals surface area contributed by atoms with Crippen LogP contribution in [0.25, 0.3) is 6.08 Å². The number of hydrogen-bond donors (Lipinski definition) is 0. The van der Waals surface area contributed by atoms with Gasteiger partial charge >= 0.3 is 0 Å². The Hall–Kier alpha value is -1.57. The molecule has 0 radical (unpaired) electrons. The van der Waals surface area contributed by atoms with Crippen molar-refractivity contribution in [3.63, 3.8) is 0 Å². The summed E-state index contributed by atoms with van der Waals surface area (Å²) in [5, 5.41) is 0. The molecule has 1 aromatic rings. The maximum atomic E-state index is 11.7. The third-order valence-corrected chi connectivity index (χ3v) is 2.58. The van der Waals surface area contributed by atoms with E-state index in [0.29, 0.717) is 0 Å². The third-order valence-electron chi connectivity index (χ3n) is 2.58. The Labute approximate surface area is 104 Å². The van der Waals surface area contributed by atoms with Crippen LogP contribution in [0, 0.1) is 5.41 Å². The lowest BCUT2D eigenvalue weighted by atomic mass is 9.90. The standard InChI is InChI=1S/C15H21NO/c1-15(2,3)14(17)11-8-12-6-9-13(10-7-12)16(4)5/h6-11H,1-5H3. The van der Waals surface area contributed by atoms with E-state index in [0.717, 1.165) is 11.3 Å². The Kier molecular flexibility index (Phi) is 4.11. The third kappa shape index (κ3) is 4.06. The minimum Gasteiger partial charge on any atom is -0.378 e. The molecule has 0 fully saturated rings. The first kappa shape index (κ1) is 13.5. The van der Waals surface area contributed by atoms with Gasteiger partial charge in [0.15, 0.2) is 5.78 Å². The average molecular weight is 231 g/mol. The highest BCUT2D eigenvalue weighted by Crippen LogP contribution is 2.17. The average Bonchev–Trinajstić information content (AvgIpc) is 2.25. The number of benzene rings is 1. The minimum absolute atomic E-state index is 0.147. The zero-order chi connectivity index (χ0) is 13.1. The van der Waals surface area contributed by atoms with Gasteiger partial charge in [0.1, 0.15) is 0 Å². The molecule has 0 saturated carbocycles. The van der Waals surface area contributed by atoms with Gasteiger partial charge in [-0.05, 0) is 23.8 Å². The monoisotopic (exact) mass is 231 g/mol. The summed E-state index contributed by atoms with van der Waals surface area (Å²) in [5.74, 6) is 0.147. The molecular formula is C15H21NO. The van der Waals surface area contributed by atoms with Crippen LogP contribution in [0.1, 0.15) is 26.3 Å². The molecule has 1 aromatic carbocycles. The van der Waals surface area contributed by atoms with E-state index in [1.165, 1.54) is 0 Å². The van der Waals surface area contributed by atoms with Crippen LogP contribution in [-0.2, 0) is 4.79 Å². The number of rotatable bonds is 3. The molecule has 0 saturated heterocycles. The Balaban J connectivity index is 2.76. The first-order chi connectivity index (χ1) is 7.80. The predicted molar refractivity (Wildman–Crippen MR) is 74.3 cm³/mol. The number of allylic oxidation sites excluding steroid dienone is 1. The number of nitrogens with zero attached hydrogens (tertiary/aromatic N) is 1. The van der Waals surface area contributed by atoms with Gasteiger partial charge in [0, 0.05) is 25.2 Å². The topological polar surface area (TPSA) is 20.3 Å². The molecule has 0 spiro atoms. The fraction of sp³-hybridized carbons (Fsp3) is 0.400. The van der Waals surface area contributed by atoms with Gasteiger partial charge in [-0.1, -0.05) is 39.0 Å². The van der Waals surface area contributed by atoms with E-state index in [4.69, 9.17) is 0 Å². The zero-order valence-corrected chi connectivity index (χ0v) is 11.3. The number of hydrogen-bond acceptors (Lipinski definition) is 2. The van der Waals surface area contributed by atoms with Crippen LogP contribution in [0.3, 0.4) is 0 Å². The van der Waals surface area contributed by atoms with Crippen LogP contribution < -0.4 is 4.90 Å². The molecule has 0 amide bonds. The van der Waals surface area contributed by atoms with Crippen molar-refractivity contribution in [2.75, 3.05) is 19.0 Å². The summed E-state index contributed by atoms with van der Waals surface area (Å²) in [6.45, 7) is 5.78. The van der Waals surface area contributed by atoms with Crippen molar-refractivity contribution in [3.8, 4) is 0 Å². The highest BCUT2D eigenvalue weighted by atomic mass is 16.1. The molecule has 92 valence electrons. The summed E-state index contributed by atoms with van der Waals surface area (Å²) < 4.78 is 0. The Morgan fingerprint density at radius 1 is 1.12 bits per heavy atom. The number of anilines is 1. The van der Waals surface area contributed by atoms with Crippen LogP contribution in [0.5, 0.6) is 0 Å². The Morgan fingerprint density at radius 2 is 1.65 bits per heavy atom. The van der Waals surface area contributed by atoms with Gasteiger partial charge in [0.25, 0.3) is 0 Å². The van der Waals surface area contributed by atoms with E-state index < -0.39 is 0 Å². The SMILES string of the molecule is CN(C)c1ccc(C=CC(=O)C(C)(C)C)cc1. The quantitative estimate of drug-likeness (QED) is 0.743. The van der Waals surface area contributed by atoms with Crippen molar-refractivity contribution in [2.45, 2.75) is 20.8 Å². The van der Waals surface area contributed by atoms with Crippen molar-refractivity contribution in [1.82, 2.24) is 0 Å². The molecule has 0 aliphatic carbocycles. The first-order valence-electron chi connectivity index (χ1n) is 5.80. The zero-order valence-electron chi connectivity index (χ0n) is 11.3. The van der Waals surface area contributed by atoms with Gasteiger partial charge in [0.2, 0.25) is 0 Å². The Morgan fingerprint density at radius 3 is 2.06 bits per heavy atom. The van der Waals surface area contributed by atoms with E-state index in [-0.39, 0.29) is 11.2 Å². The summed E-state index contributed by atoms with van der Waals surface area (Å²) in [5.41, 5.74) is 1.90. The highest BCUT2D eigenvalue weighted by Gasteiger charge is 2.17. The van der Waals surface area contributed by atoms with Gasteiger partial charge < -0.3 is 4.90 Å². The molecule has 0 aliphatic rings. The van der Waals surface area contributed by atoms with Crippen molar-refractivity contribution >= 4 is 17.5 Å². The van der Waals surface area contributed by atoms with Crippen LogP contribution >= 0.6 is 0 Å². The lowest BCUT2D eigenvalue weighted by molar-refractivity contribution is -0.121. The fourth-order valence-electron chi connectivity index (χ4n) is 1.31. The van der Waals surface area contributed by atoms with Crippen LogP contribution in [-0.4, -0.2) is 19.9 Å². The van der Waals surface area contributed by atoms with Crippen LogP contribution in [0.15, 0.2) is 30.3 Å². The van der Waals surface area contributed by atoms with Gasteiger partial charge in [0.05, 0.1) is 0 Å². The van der Waals surface area contributed by atoms with E-state index in [1.807, 2.05) is 70.1 Å². The van der Waals surface area contributed by atoms with E-state index >= 15 is 0 Å². The van der Waals surface area contributed by atoms with Crippen LogP contribution in [0.2, 0.25) is 0 Å². The van der Waals surface area contributed by atoms with E-state index in [1.54, 1.807) is 6.08 Å². The lowest BCUT2D eigenvalue weighted by Gasteiger charge is -2.13. The predicted octanol–water partition coefficient (Wildman–Crippen LogP) is 3.38. The molecule has 0 atom stereocenters. The van der Waals surface area contributed by atoms with Crippen LogP contribution in [0.4, 0.5) is 5.69 Å². The van der Waals surface area contributed by atoms with E-state index in [2.05, 4.69) is 0 Å². The van der Waals surface area contributed by atoms with Crippen molar-refractivity contribution in [1.29, 1.82) is 0 Å². The van der Waals surface area contributed by atoms with Gasteiger partial charge in [-0.3, -0.25) is 4.79 Å². The summed E-state index contributed by atoms with van der Waals surface area (Å²) >= 11 is 0. The molecule has 0 aromatic heterocycles. The number of carbonyl (C=O) groups is 1. The smallest absolute Gasteiger partial charge is 0.161 e. The molecular weight excluding hydrogens is 210 g/mol. The second kappa shape index (κ2) is 5.17. The normalized spacial score (nSPS) is 11.8. The molecule has 2 heteroatoms. The van der Waals surface area contributed by atoms with Gasteiger partial charge in [-0.15, -0.1) is 0 Å². The van der Waals surface area contributed by atoms with Crippen molar-refractivity contribution in [2.24, 2.45) is 5.41 Å². The molecule has 0 unspecified atom stereocenters. The summed E-state index contributed by atoms with van der Waals surface area (Å²) in [7, 11) is 4.02. The number of ketones is 1. The largest absolute Gasteiger partial charge is 0.378 e. The maximum absolute atomic E-state index is 11.7. The van der Waals surface area contributed by atoms with Crippen molar-refractivity contribution < 1.29 is 4.79 Å². The molecule has 17 heavy (non-hydrogen) atoms. The summed E-state index contributed by atoms with van der Waals surface area (Å²) in [4.78, 5) is 13.8. The van der Waals surface area contributed by atoms with E-state index in [9.17, 15) is 4.79 Å². The molecule has 0 N–H and O–H groups in total. The van der Waals surface area contributed by atoms with Gasteiger partial charge in [-0.25, -0.2) is 0 Å². The highest BCUT2D eigenvalue weighted by molar-refractivity contribution is 5.97. The van der Waals surface area contributed by atoms with Crippen molar-refractivity contribution in [3.05, 3.63) is 35.9 Å². The molecule has 2 nitrogen and oxygen atoms in total. The fourth-order valence-corrected chi connectivity index (χ4v) is 1.31. The molecule has 0 aliphatic heterocycles. The second-order valence-electron chi connectivity index (χ2n) is 5.43. The molecule has 0 bridgehead atoms. The number of carbonyl (C=O) groups excluding carboxylic acids is 1.